The van der Waals surface area contributed by atoms with Gasteiger partial charge in [0.15, 0.2) is 11.4 Å². The van der Waals surface area contributed by atoms with E-state index in [9.17, 15) is 14.4 Å². The highest BCUT2D eigenvalue weighted by atomic mass is 32.1. The molecule has 3 amide bonds. The lowest BCUT2D eigenvalue weighted by Gasteiger charge is -2.26. The van der Waals surface area contributed by atoms with Crippen LogP contribution in [-0.2, 0) is 20.7 Å². The van der Waals surface area contributed by atoms with Crippen LogP contribution in [0.15, 0.2) is 29.6 Å². The fourth-order valence-corrected chi connectivity index (χ4v) is 3.57. The quantitative estimate of drug-likeness (QED) is 0.395. The van der Waals surface area contributed by atoms with Gasteiger partial charge in [0.05, 0.1) is 5.69 Å². The summed E-state index contributed by atoms with van der Waals surface area (Å²) in [7, 11) is 0. The Labute approximate surface area is 210 Å². The molecule has 10 nitrogen and oxygen atoms in total. The summed E-state index contributed by atoms with van der Waals surface area (Å²) in [6.07, 6.45) is -1.59. The predicted octanol–water partition coefficient (Wildman–Crippen LogP) is 4.23. The van der Waals surface area contributed by atoms with Crippen LogP contribution >= 0.6 is 11.3 Å². The summed E-state index contributed by atoms with van der Waals surface area (Å²) in [4.78, 5) is 40.0. The van der Waals surface area contributed by atoms with E-state index in [2.05, 4.69) is 26.3 Å². The first-order valence-electron chi connectivity index (χ1n) is 11.2. The number of carbonyl (C=O) groups excluding carboxylic acids is 3. The van der Waals surface area contributed by atoms with E-state index in [1.165, 1.54) is 18.3 Å². The van der Waals surface area contributed by atoms with Gasteiger partial charge in [0, 0.05) is 24.4 Å². The fraction of sp³-hybridized carbons (Fsp3) is 0.500. The average Bonchev–Trinajstić information content (AvgIpc) is 3.13. The number of anilines is 1. The Morgan fingerprint density at radius 2 is 1.49 bits per heavy atom. The number of amides is 3. The molecule has 1 aromatic heterocycles. The lowest BCUT2D eigenvalue weighted by molar-refractivity contribution is -0.114. The average molecular weight is 506 g/mol. The number of nitrogens with zero attached hydrogens (tertiary/aromatic N) is 1. The van der Waals surface area contributed by atoms with E-state index < -0.39 is 29.7 Å². The first-order valence-corrected chi connectivity index (χ1v) is 12.1. The summed E-state index contributed by atoms with van der Waals surface area (Å²) < 4.78 is 10.6. The minimum Gasteiger partial charge on any atom is -0.444 e. The standard InChI is InChI=1S/C24H35N5O5S/c1-15(30)26-20-27-18(14-35-20)17-10-8-16(9-11-17)12-13-25-19(28-21(31)33-23(2,3)4)29-22(32)34-24(5,6)7/h8-11,14,19,25H,12-13H2,1-7H3,(H,28,31)(H,29,32)(H,26,27,30). The first kappa shape index (κ1) is 28.1. The molecule has 0 bridgehead atoms. The van der Waals surface area contributed by atoms with Gasteiger partial charge in [0.1, 0.15) is 11.2 Å². The van der Waals surface area contributed by atoms with Crippen LogP contribution in [0.3, 0.4) is 0 Å². The van der Waals surface area contributed by atoms with Crippen molar-refractivity contribution in [1.29, 1.82) is 0 Å². The Morgan fingerprint density at radius 3 is 1.97 bits per heavy atom. The van der Waals surface area contributed by atoms with Crippen LogP contribution in [-0.4, -0.2) is 47.1 Å². The Kier molecular flexibility index (Phi) is 9.61. The van der Waals surface area contributed by atoms with Crippen molar-refractivity contribution < 1.29 is 23.9 Å². The van der Waals surface area contributed by atoms with Gasteiger partial charge in [-0.25, -0.2) is 14.6 Å². The monoisotopic (exact) mass is 505 g/mol. The number of thiazole rings is 1. The van der Waals surface area contributed by atoms with Gasteiger partial charge in [-0.3, -0.25) is 20.7 Å². The van der Waals surface area contributed by atoms with E-state index in [-0.39, 0.29) is 5.91 Å². The lowest BCUT2D eigenvalue weighted by atomic mass is 10.1. The molecule has 0 aliphatic heterocycles. The number of alkyl carbamates (subject to hydrolysis) is 2. The number of ether oxygens (including phenoxy) is 2. The summed E-state index contributed by atoms with van der Waals surface area (Å²) in [5, 5.41) is 13.4. The number of benzene rings is 1. The second kappa shape index (κ2) is 12.0. The van der Waals surface area contributed by atoms with Crippen LogP contribution in [0, 0.1) is 0 Å². The molecular weight excluding hydrogens is 470 g/mol. The SMILES string of the molecule is CC(=O)Nc1nc(-c2ccc(CCNC(NC(=O)OC(C)(C)C)NC(=O)OC(C)(C)C)cc2)cs1. The smallest absolute Gasteiger partial charge is 0.410 e. The van der Waals surface area contributed by atoms with Gasteiger partial charge < -0.3 is 14.8 Å². The number of carbonyl (C=O) groups is 3. The Morgan fingerprint density at radius 1 is 0.943 bits per heavy atom. The van der Waals surface area contributed by atoms with Gasteiger partial charge in [-0.15, -0.1) is 11.3 Å². The molecule has 4 N–H and O–H groups in total. The molecule has 0 radical (unpaired) electrons. The molecule has 35 heavy (non-hydrogen) atoms. The highest BCUT2D eigenvalue weighted by Gasteiger charge is 2.23. The molecule has 0 saturated heterocycles. The minimum absolute atomic E-state index is 0.158. The normalized spacial score (nSPS) is 11.7. The molecule has 0 spiro atoms. The third-order valence-electron chi connectivity index (χ3n) is 4.12. The number of rotatable bonds is 8. The molecule has 2 rings (SSSR count). The van der Waals surface area contributed by atoms with Gasteiger partial charge in [0.25, 0.3) is 0 Å². The van der Waals surface area contributed by atoms with Gasteiger partial charge >= 0.3 is 12.2 Å². The molecule has 0 aliphatic rings. The zero-order valence-electron chi connectivity index (χ0n) is 21.3. The lowest BCUT2D eigenvalue weighted by Crippen LogP contribution is -2.58. The van der Waals surface area contributed by atoms with Crippen LogP contribution < -0.4 is 21.3 Å². The maximum absolute atomic E-state index is 12.2. The largest absolute Gasteiger partial charge is 0.444 e. The van der Waals surface area contributed by atoms with E-state index in [1.807, 2.05) is 29.6 Å². The first-order chi connectivity index (χ1) is 16.2. The molecule has 1 heterocycles. The van der Waals surface area contributed by atoms with Crippen molar-refractivity contribution in [3.05, 3.63) is 35.2 Å². The summed E-state index contributed by atoms with van der Waals surface area (Å²) in [5.41, 5.74) is 1.41. The van der Waals surface area contributed by atoms with E-state index >= 15 is 0 Å². The van der Waals surface area contributed by atoms with Crippen LogP contribution in [0.5, 0.6) is 0 Å². The zero-order valence-corrected chi connectivity index (χ0v) is 22.1. The fourth-order valence-electron chi connectivity index (χ4n) is 2.81. The molecule has 11 heteroatoms. The molecule has 0 fully saturated rings. The van der Waals surface area contributed by atoms with Crippen LogP contribution in [0.2, 0.25) is 0 Å². The number of aromatic nitrogens is 1. The van der Waals surface area contributed by atoms with E-state index in [1.54, 1.807) is 41.5 Å². The molecule has 1 aromatic carbocycles. The third-order valence-corrected chi connectivity index (χ3v) is 4.88. The Balaban J connectivity index is 1.95. The number of nitrogens with one attached hydrogen (secondary N) is 4. The van der Waals surface area contributed by atoms with Crippen LogP contribution in [0.4, 0.5) is 14.7 Å². The number of hydrogen-bond donors (Lipinski definition) is 4. The van der Waals surface area contributed by atoms with E-state index in [4.69, 9.17) is 9.47 Å². The molecule has 0 atom stereocenters. The predicted molar refractivity (Wildman–Crippen MR) is 136 cm³/mol. The Hall–Kier alpha value is -3.18. The van der Waals surface area contributed by atoms with Gasteiger partial charge in [0.2, 0.25) is 5.91 Å². The highest BCUT2D eigenvalue weighted by Crippen LogP contribution is 2.25. The number of hydrogen-bond acceptors (Lipinski definition) is 8. The van der Waals surface area contributed by atoms with Gasteiger partial charge in [-0.1, -0.05) is 24.3 Å². The Bertz CT molecular complexity index is 979. The molecule has 2 aromatic rings. The maximum atomic E-state index is 12.2. The second-order valence-electron chi connectivity index (χ2n) is 9.85. The van der Waals surface area contributed by atoms with E-state index in [0.29, 0.717) is 18.1 Å². The molecule has 0 saturated carbocycles. The van der Waals surface area contributed by atoms with Gasteiger partial charge in [-0.05, 0) is 53.5 Å². The minimum atomic E-state index is -0.888. The van der Waals surface area contributed by atoms with Gasteiger partial charge in [-0.2, -0.15) is 0 Å². The summed E-state index contributed by atoms with van der Waals surface area (Å²) in [5.74, 6) is -0.158. The molecule has 192 valence electrons. The third kappa shape index (κ3) is 11.2. The summed E-state index contributed by atoms with van der Waals surface area (Å²) in [6, 6.07) is 7.87. The summed E-state index contributed by atoms with van der Waals surface area (Å²) >= 11 is 1.37. The molecule has 0 unspecified atom stereocenters. The van der Waals surface area contributed by atoms with Crippen molar-refractivity contribution in [3.8, 4) is 11.3 Å². The summed E-state index contributed by atoms with van der Waals surface area (Å²) in [6.45, 7) is 12.4. The van der Waals surface area contributed by atoms with Crippen molar-refractivity contribution in [1.82, 2.24) is 20.9 Å². The van der Waals surface area contributed by atoms with Crippen molar-refractivity contribution in [2.45, 2.75) is 72.4 Å². The second-order valence-corrected chi connectivity index (χ2v) is 10.7. The maximum Gasteiger partial charge on any atom is 0.410 e. The topological polar surface area (TPSA) is 131 Å². The van der Waals surface area contributed by atoms with Crippen molar-refractivity contribution in [2.75, 3.05) is 11.9 Å². The molecular formula is C24H35N5O5S. The van der Waals surface area contributed by atoms with Crippen molar-refractivity contribution in [2.24, 2.45) is 0 Å². The van der Waals surface area contributed by atoms with Crippen LogP contribution in [0.25, 0.3) is 11.3 Å². The van der Waals surface area contributed by atoms with E-state index in [0.717, 1.165) is 16.8 Å². The highest BCUT2D eigenvalue weighted by molar-refractivity contribution is 7.14. The van der Waals surface area contributed by atoms with Crippen LogP contribution in [0.1, 0.15) is 54.0 Å². The molecule has 0 aliphatic carbocycles. The zero-order chi connectivity index (χ0) is 26.2. The van der Waals surface area contributed by atoms with Crippen molar-refractivity contribution in [3.63, 3.8) is 0 Å². The van der Waals surface area contributed by atoms with Crippen molar-refractivity contribution >= 4 is 34.6 Å².